The molecule has 2 fully saturated rings. The number of aliphatic hydroxyl groups is 1. The van der Waals surface area contributed by atoms with E-state index >= 15 is 0 Å². The molecule has 152 valence electrons. The minimum atomic E-state index is -1.17. The number of rotatable bonds is 4. The number of carbonyl (C=O) groups is 2. The second-order valence-electron chi connectivity index (χ2n) is 7.58. The van der Waals surface area contributed by atoms with Gasteiger partial charge in [-0.15, -0.1) is 0 Å². The molecule has 9 heteroatoms. The van der Waals surface area contributed by atoms with Gasteiger partial charge in [-0.05, 0) is 37.9 Å². The lowest BCUT2D eigenvalue weighted by atomic mass is 9.84. The van der Waals surface area contributed by atoms with Gasteiger partial charge in [-0.25, -0.2) is 4.79 Å². The summed E-state index contributed by atoms with van der Waals surface area (Å²) < 4.78 is 5.64. The number of imide groups is 1. The lowest BCUT2D eigenvalue weighted by Gasteiger charge is -2.34. The molecule has 7 nitrogen and oxygen atoms in total. The quantitative estimate of drug-likeness (QED) is 0.720. The fourth-order valence-corrected chi connectivity index (χ4v) is 4.79. The first kappa shape index (κ1) is 19.8. The van der Waals surface area contributed by atoms with E-state index in [-0.39, 0.29) is 18.6 Å². The van der Waals surface area contributed by atoms with Crippen LogP contribution in [0.4, 0.5) is 4.79 Å². The first-order valence-electron chi connectivity index (χ1n) is 9.57. The highest BCUT2D eigenvalue weighted by Crippen LogP contribution is 2.45. The molecular formula is C19H23Cl2N3O4. The van der Waals surface area contributed by atoms with E-state index in [1.807, 2.05) is 0 Å². The molecule has 2 saturated heterocycles. The van der Waals surface area contributed by atoms with Gasteiger partial charge in [0.1, 0.15) is 5.75 Å². The van der Waals surface area contributed by atoms with E-state index in [2.05, 4.69) is 10.2 Å². The summed E-state index contributed by atoms with van der Waals surface area (Å²) in [7, 11) is 0. The highest BCUT2D eigenvalue weighted by Gasteiger charge is 2.55. The maximum atomic E-state index is 13.3. The predicted molar refractivity (Wildman–Crippen MR) is 105 cm³/mol. The zero-order chi connectivity index (χ0) is 19.9. The SMILES string of the molecule is O=C1NC2(CCOc3c(Cl)cc(Cl)cc32)C(=O)N1CCCN1CCC(O)CC1. The minimum Gasteiger partial charge on any atom is -0.492 e. The van der Waals surface area contributed by atoms with Crippen LogP contribution in [0.1, 0.15) is 31.2 Å². The Labute approximate surface area is 173 Å². The van der Waals surface area contributed by atoms with Crippen molar-refractivity contribution in [1.82, 2.24) is 15.1 Å². The number of likely N-dealkylation sites (tertiary alicyclic amines) is 1. The first-order chi connectivity index (χ1) is 13.4. The molecule has 2 N–H and O–H groups in total. The van der Waals surface area contributed by atoms with Gasteiger partial charge in [0.05, 0.1) is 17.7 Å². The lowest BCUT2D eigenvalue weighted by molar-refractivity contribution is -0.132. The molecule has 1 aromatic rings. The predicted octanol–water partition coefficient (Wildman–Crippen LogP) is 2.37. The van der Waals surface area contributed by atoms with E-state index in [9.17, 15) is 14.7 Å². The Kier molecular flexibility index (Phi) is 5.44. The van der Waals surface area contributed by atoms with E-state index in [4.69, 9.17) is 27.9 Å². The summed E-state index contributed by atoms with van der Waals surface area (Å²) in [5.41, 5.74) is -0.656. The molecule has 1 aromatic carbocycles. The average molecular weight is 428 g/mol. The van der Waals surface area contributed by atoms with Gasteiger partial charge >= 0.3 is 6.03 Å². The Morgan fingerprint density at radius 2 is 1.96 bits per heavy atom. The van der Waals surface area contributed by atoms with Gasteiger partial charge in [-0.3, -0.25) is 9.69 Å². The number of nitrogens with zero attached hydrogens (tertiary/aromatic N) is 2. The summed E-state index contributed by atoms with van der Waals surface area (Å²) in [6.07, 6.45) is 2.34. The Morgan fingerprint density at radius 3 is 2.71 bits per heavy atom. The van der Waals surface area contributed by atoms with Crippen LogP contribution in [0.5, 0.6) is 5.75 Å². The fourth-order valence-electron chi connectivity index (χ4n) is 4.24. The van der Waals surface area contributed by atoms with Crippen molar-refractivity contribution in [2.45, 2.75) is 37.3 Å². The molecular weight excluding hydrogens is 405 g/mol. The van der Waals surface area contributed by atoms with E-state index in [1.54, 1.807) is 12.1 Å². The maximum absolute atomic E-state index is 13.3. The van der Waals surface area contributed by atoms with Crippen LogP contribution < -0.4 is 10.1 Å². The van der Waals surface area contributed by atoms with Crippen LogP contribution in [0.3, 0.4) is 0 Å². The number of halogens is 2. The number of amides is 3. The zero-order valence-electron chi connectivity index (χ0n) is 15.4. The number of nitrogens with one attached hydrogen (secondary N) is 1. The Bertz CT molecular complexity index is 798. The Balaban J connectivity index is 1.48. The number of hydrogen-bond donors (Lipinski definition) is 2. The molecule has 1 unspecified atom stereocenters. The molecule has 0 aliphatic carbocycles. The first-order valence-corrected chi connectivity index (χ1v) is 10.3. The summed E-state index contributed by atoms with van der Waals surface area (Å²) in [4.78, 5) is 29.4. The van der Waals surface area contributed by atoms with Gasteiger partial charge in [-0.1, -0.05) is 23.2 Å². The molecule has 1 atom stereocenters. The summed E-state index contributed by atoms with van der Waals surface area (Å²) in [5.74, 6) is 0.120. The number of hydrogen-bond acceptors (Lipinski definition) is 5. The molecule has 1 spiro atoms. The Hall–Kier alpha value is -1.54. The largest absolute Gasteiger partial charge is 0.492 e. The van der Waals surface area contributed by atoms with Crippen LogP contribution >= 0.6 is 23.2 Å². The van der Waals surface area contributed by atoms with Gasteiger partial charge in [0.25, 0.3) is 5.91 Å². The van der Waals surface area contributed by atoms with E-state index in [1.165, 1.54) is 4.90 Å². The molecule has 28 heavy (non-hydrogen) atoms. The van der Waals surface area contributed by atoms with Crippen LogP contribution in [0.25, 0.3) is 0 Å². The molecule has 4 rings (SSSR count). The van der Waals surface area contributed by atoms with Crippen molar-refractivity contribution in [3.63, 3.8) is 0 Å². The standard InChI is InChI=1S/C19H23Cl2N3O4/c20-12-10-14-16(15(21)11-12)28-9-4-19(14)17(26)24(18(27)22-19)6-1-5-23-7-2-13(25)3-8-23/h10-11,13,25H,1-9H2,(H,22,27). The minimum absolute atomic E-state index is 0.214. The monoisotopic (exact) mass is 427 g/mol. The van der Waals surface area contributed by atoms with Crippen LogP contribution in [0.15, 0.2) is 12.1 Å². The van der Waals surface area contributed by atoms with Crippen molar-refractivity contribution in [2.75, 3.05) is 32.8 Å². The fraction of sp³-hybridized carbons (Fsp3) is 0.579. The molecule has 0 bridgehead atoms. The smallest absolute Gasteiger partial charge is 0.325 e. The molecule has 3 heterocycles. The number of benzene rings is 1. The second kappa shape index (κ2) is 7.71. The number of piperidine rings is 1. The summed E-state index contributed by atoms with van der Waals surface area (Å²) >= 11 is 12.4. The normalized spacial score (nSPS) is 25.8. The lowest BCUT2D eigenvalue weighted by Crippen LogP contribution is -2.47. The van der Waals surface area contributed by atoms with Crippen molar-refractivity contribution in [1.29, 1.82) is 0 Å². The summed E-state index contributed by atoms with van der Waals surface area (Å²) in [6, 6.07) is 2.81. The van der Waals surface area contributed by atoms with Crippen molar-refractivity contribution >= 4 is 35.1 Å². The molecule has 0 radical (unpaired) electrons. The number of ether oxygens (including phenoxy) is 1. The van der Waals surface area contributed by atoms with E-state index < -0.39 is 11.6 Å². The van der Waals surface area contributed by atoms with Crippen molar-refractivity contribution in [2.24, 2.45) is 0 Å². The molecule has 3 aliphatic heterocycles. The number of carbonyl (C=O) groups excluding carboxylic acids is 2. The number of urea groups is 1. The molecule has 3 aliphatic rings. The van der Waals surface area contributed by atoms with Crippen molar-refractivity contribution in [3.8, 4) is 5.75 Å². The van der Waals surface area contributed by atoms with Gasteiger partial charge < -0.3 is 20.1 Å². The van der Waals surface area contributed by atoms with E-state index in [0.717, 1.165) is 32.5 Å². The van der Waals surface area contributed by atoms with E-state index in [0.29, 0.717) is 40.7 Å². The molecule has 3 amide bonds. The second-order valence-corrected chi connectivity index (χ2v) is 8.43. The van der Waals surface area contributed by atoms with Gasteiger partial charge in [-0.2, -0.15) is 0 Å². The highest BCUT2D eigenvalue weighted by molar-refractivity contribution is 6.36. The van der Waals surface area contributed by atoms with Crippen molar-refractivity contribution in [3.05, 3.63) is 27.7 Å². The van der Waals surface area contributed by atoms with Crippen LogP contribution in [-0.4, -0.2) is 65.7 Å². The molecule has 0 aromatic heterocycles. The number of aliphatic hydroxyl groups excluding tert-OH is 1. The van der Waals surface area contributed by atoms with Gasteiger partial charge in [0.15, 0.2) is 5.54 Å². The van der Waals surface area contributed by atoms with Crippen molar-refractivity contribution < 1.29 is 19.4 Å². The van der Waals surface area contributed by atoms with Crippen LogP contribution in [-0.2, 0) is 10.3 Å². The average Bonchev–Trinajstić information content (AvgIpc) is 2.89. The Morgan fingerprint density at radius 1 is 1.21 bits per heavy atom. The topological polar surface area (TPSA) is 82.1 Å². The van der Waals surface area contributed by atoms with Crippen LogP contribution in [0.2, 0.25) is 10.0 Å². The third-order valence-corrected chi connectivity index (χ3v) is 6.28. The number of fused-ring (bicyclic) bond motifs is 2. The third-order valence-electron chi connectivity index (χ3n) is 5.78. The van der Waals surface area contributed by atoms with Gasteiger partial charge in [0, 0.05) is 36.6 Å². The van der Waals surface area contributed by atoms with Crippen LogP contribution in [0, 0.1) is 0 Å². The summed E-state index contributed by atoms with van der Waals surface area (Å²) in [5, 5.41) is 13.2. The molecule has 0 saturated carbocycles. The third kappa shape index (κ3) is 3.45. The zero-order valence-corrected chi connectivity index (χ0v) is 16.9. The highest BCUT2D eigenvalue weighted by atomic mass is 35.5. The van der Waals surface area contributed by atoms with Gasteiger partial charge in [0.2, 0.25) is 0 Å². The maximum Gasteiger partial charge on any atom is 0.325 e. The summed E-state index contributed by atoms with van der Waals surface area (Å²) in [6.45, 7) is 3.09.